The van der Waals surface area contributed by atoms with E-state index in [0.29, 0.717) is 6.61 Å². The van der Waals surface area contributed by atoms with Crippen LogP contribution in [0.5, 0.6) is 0 Å². The van der Waals surface area contributed by atoms with Crippen molar-refractivity contribution in [1.29, 1.82) is 0 Å². The molecule has 0 amide bonds. The van der Waals surface area contributed by atoms with Gasteiger partial charge in [-0.15, -0.1) is 0 Å². The van der Waals surface area contributed by atoms with Crippen LogP contribution < -0.4 is 0 Å². The van der Waals surface area contributed by atoms with Crippen LogP contribution in [0.15, 0.2) is 34.3 Å². The van der Waals surface area contributed by atoms with E-state index in [-0.39, 0.29) is 5.97 Å². The van der Waals surface area contributed by atoms with E-state index in [0.717, 1.165) is 28.5 Å². The Hall–Kier alpha value is -1.09. The van der Waals surface area contributed by atoms with E-state index in [1.165, 1.54) is 6.92 Å². The molecule has 3 heteroatoms. The minimum absolute atomic E-state index is 0.235. The van der Waals surface area contributed by atoms with Gasteiger partial charge < -0.3 is 4.74 Å². The zero-order valence-electron chi connectivity index (χ0n) is 10.2. The highest BCUT2D eigenvalue weighted by atomic mass is 79.9. The number of rotatable bonds is 5. The van der Waals surface area contributed by atoms with Gasteiger partial charge in [0.25, 0.3) is 0 Å². The molecule has 0 saturated heterocycles. The zero-order valence-corrected chi connectivity index (χ0v) is 11.8. The van der Waals surface area contributed by atoms with Crippen molar-refractivity contribution in [3.05, 3.63) is 39.9 Å². The Bertz CT molecular complexity index is 410. The molecular weight excluding hydrogens is 280 g/mol. The van der Waals surface area contributed by atoms with Crippen LogP contribution in [0.25, 0.3) is 6.08 Å². The molecule has 92 valence electrons. The van der Waals surface area contributed by atoms with Gasteiger partial charge in [0.05, 0.1) is 0 Å². The van der Waals surface area contributed by atoms with E-state index < -0.39 is 0 Å². The molecule has 0 atom stereocenters. The maximum atomic E-state index is 10.8. The first-order valence-electron chi connectivity index (χ1n) is 5.70. The highest BCUT2D eigenvalue weighted by molar-refractivity contribution is 9.10. The molecule has 17 heavy (non-hydrogen) atoms. The summed E-state index contributed by atoms with van der Waals surface area (Å²) in [5, 5.41) is 0. The third-order valence-electron chi connectivity index (χ3n) is 2.25. The van der Waals surface area contributed by atoms with E-state index in [1.54, 1.807) is 0 Å². The monoisotopic (exact) mass is 296 g/mol. The van der Waals surface area contributed by atoms with Gasteiger partial charge in [0, 0.05) is 11.4 Å². The Kier molecular flexibility index (Phi) is 5.98. The van der Waals surface area contributed by atoms with Gasteiger partial charge in [-0.3, -0.25) is 4.79 Å². The molecular formula is C14H17BrO2. The van der Waals surface area contributed by atoms with Gasteiger partial charge in [-0.1, -0.05) is 47.5 Å². The number of carbonyl (C=O) groups excluding carboxylic acids is 1. The predicted octanol–water partition coefficient (Wildman–Crippen LogP) is 4.20. The van der Waals surface area contributed by atoms with E-state index in [1.807, 2.05) is 24.3 Å². The molecule has 0 heterocycles. The number of ether oxygens (including phenoxy) is 1. The van der Waals surface area contributed by atoms with Crippen LogP contribution in [-0.4, -0.2) is 12.6 Å². The summed E-state index contributed by atoms with van der Waals surface area (Å²) in [6, 6.07) is 8.06. The summed E-state index contributed by atoms with van der Waals surface area (Å²) in [5.41, 5.74) is 2.26. The van der Waals surface area contributed by atoms with Crippen molar-refractivity contribution < 1.29 is 9.53 Å². The SMILES string of the molecule is CCC/C(=C\c1cccc(Br)c1)COC(C)=O. The second-order valence-electron chi connectivity index (χ2n) is 3.89. The van der Waals surface area contributed by atoms with Crippen LogP contribution in [0, 0.1) is 0 Å². The molecule has 0 spiro atoms. The Morgan fingerprint density at radius 1 is 1.47 bits per heavy atom. The molecule has 0 fully saturated rings. The molecule has 0 N–H and O–H groups in total. The lowest BCUT2D eigenvalue weighted by molar-refractivity contribution is -0.140. The van der Waals surface area contributed by atoms with E-state index in [9.17, 15) is 4.79 Å². The summed E-state index contributed by atoms with van der Waals surface area (Å²) in [4.78, 5) is 10.8. The molecule has 0 aliphatic heterocycles. The lowest BCUT2D eigenvalue weighted by Crippen LogP contribution is -2.03. The van der Waals surface area contributed by atoms with Crippen molar-refractivity contribution in [2.24, 2.45) is 0 Å². The molecule has 0 saturated carbocycles. The topological polar surface area (TPSA) is 26.3 Å². The molecule has 1 aromatic rings. The first kappa shape index (κ1) is 14.0. The third kappa shape index (κ3) is 5.68. The van der Waals surface area contributed by atoms with Crippen molar-refractivity contribution in [2.75, 3.05) is 6.61 Å². The van der Waals surface area contributed by atoms with Crippen LogP contribution in [0.3, 0.4) is 0 Å². The standard InChI is InChI=1S/C14H17BrO2/c1-3-5-13(10-17-11(2)16)8-12-6-4-7-14(15)9-12/h4,6-9H,3,5,10H2,1-2H3/b13-8+. The summed E-state index contributed by atoms with van der Waals surface area (Å²) >= 11 is 3.44. The van der Waals surface area contributed by atoms with Gasteiger partial charge in [-0.2, -0.15) is 0 Å². The average molecular weight is 297 g/mol. The fourth-order valence-electron chi connectivity index (χ4n) is 1.53. The molecule has 0 radical (unpaired) electrons. The molecule has 0 aliphatic rings. The second kappa shape index (κ2) is 7.28. The summed E-state index contributed by atoms with van der Waals surface area (Å²) < 4.78 is 6.09. The second-order valence-corrected chi connectivity index (χ2v) is 4.80. The molecule has 0 unspecified atom stereocenters. The normalized spacial score (nSPS) is 11.4. The van der Waals surface area contributed by atoms with Crippen LogP contribution >= 0.6 is 15.9 Å². The zero-order chi connectivity index (χ0) is 12.7. The molecule has 2 nitrogen and oxygen atoms in total. The van der Waals surface area contributed by atoms with Crippen LogP contribution in [0.2, 0.25) is 0 Å². The van der Waals surface area contributed by atoms with Crippen molar-refractivity contribution in [3.8, 4) is 0 Å². The molecule has 1 aromatic carbocycles. The number of hydrogen-bond donors (Lipinski definition) is 0. The Morgan fingerprint density at radius 3 is 2.82 bits per heavy atom. The van der Waals surface area contributed by atoms with Crippen molar-refractivity contribution in [1.82, 2.24) is 0 Å². The van der Waals surface area contributed by atoms with Gasteiger partial charge in [0.2, 0.25) is 0 Å². The van der Waals surface area contributed by atoms with Crippen molar-refractivity contribution in [3.63, 3.8) is 0 Å². The number of benzene rings is 1. The molecule has 0 aromatic heterocycles. The number of carbonyl (C=O) groups is 1. The maximum absolute atomic E-state index is 10.8. The quantitative estimate of drug-likeness (QED) is 0.761. The average Bonchev–Trinajstić information content (AvgIpc) is 2.26. The van der Waals surface area contributed by atoms with E-state index >= 15 is 0 Å². The van der Waals surface area contributed by atoms with E-state index in [2.05, 4.69) is 28.9 Å². The maximum Gasteiger partial charge on any atom is 0.302 e. The Morgan fingerprint density at radius 2 is 2.24 bits per heavy atom. The van der Waals surface area contributed by atoms with Crippen molar-refractivity contribution >= 4 is 28.0 Å². The fourth-order valence-corrected chi connectivity index (χ4v) is 1.95. The lowest BCUT2D eigenvalue weighted by atomic mass is 10.1. The largest absolute Gasteiger partial charge is 0.461 e. The first-order valence-corrected chi connectivity index (χ1v) is 6.49. The predicted molar refractivity (Wildman–Crippen MR) is 73.7 cm³/mol. The smallest absolute Gasteiger partial charge is 0.302 e. The summed E-state index contributed by atoms with van der Waals surface area (Å²) in [6.07, 6.45) is 4.07. The molecule has 0 bridgehead atoms. The van der Waals surface area contributed by atoms with Crippen LogP contribution in [0.1, 0.15) is 32.3 Å². The van der Waals surface area contributed by atoms with Gasteiger partial charge in [-0.25, -0.2) is 0 Å². The number of hydrogen-bond acceptors (Lipinski definition) is 2. The third-order valence-corrected chi connectivity index (χ3v) is 2.74. The van der Waals surface area contributed by atoms with Crippen molar-refractivity contribution in [2.45, 2.75) is 26.7 Å². The fraction of sp³-hybridized carbons (Fsp3) is 0.357. The first-order chi connectivity index (χ1) is 8.11. The highest BCUT2D eigenvalue weighted by Gasteiger charge is 2.00. The summed E-state index contributed by atoms with van der Waals surface area (Å²) in [5.74, 6) is -0.235. The van der Waals surface area contributed by atoms with Gasteiger partial charge >= 0.3 is 5.97 Å². The minimum Gasteiger partial charge on any atom is -0.461 e. The lowest BCUT2D eigenvalue weighted by Gasteiger charge is -2.07. The molecule has 1 rings (SSSR count). The van der Waals surface area contributed by atoms with Crippen LogP contribution in [0.4, 0.5) is 0 Å². The summed E-state index contributed by atoms with van der Waals surface area (Å²) in [6.45, 7) is 3.93. The molecule has 0 aliphatic carbocycles. The Labute approximate surface area is 111 Å². The van der Waals surface area contributed by atoms with Crippen LogP contribution in [-0.2, 0) is 9.53 Å². The summed E-state index contributed by atoms with van der Waals surface area (Å²) in [7, 11) is 0. The number of esters is 1. The Balaban J connectivity index is 2.78. The number of halogens is 1. The van der Waals surface area contributed by atoms with Gasteiger partial charge in [-0.05, 0) is 29.7 Å². The van der Waals surface area contributed by atoms with Gasteiger partial charge in [0.1, 0.15) is 6.61 Å². The van der Waals surface area contributed by atoms with Gasteiger partial charge in [0.15, 0.2) is 0 Å². The van der Waals surface area contributed by atoms with E-state index in [4.69, 9.17) is 4.74 Å². The highest BCUT2D eigenvalue weighted by Crippen LogP contribution is 2.16. The minimum atomic E-state index is -0.235.